The summed E-state index contributed by atoms with van der Waals surface area (Å²) in [5.41, 5.74) is 6.24. The highest BCUT2D eigenvalue weighted by Crippen LogP contribution is 2.31. The minimum Gasteiger partial charge on any atom is -0.378 e. The number of fused-ring (bicyclic) bond motifs is 2. The fourth-order valence-corrected chi connectivity index (χ4v) is 4.20. The number of carbonyl (C=O) groups excluding carboxylic acids is 1. The van der Waals surface area contributed by atoms with Crippen LogP contribution in [-0.4, -0.2) is 37.2 Å². The highest BCUT2D eigenvalue weighted by atomic mass is 16.5. The number of ether oxygens (including phenoxy) is 1. The Hall–Kier alpha value is -3.44. The van der Waals surface area contributed by atoms with Gasteiger partial charge in [-0.1, -0.05) is 48.6 Å². The van der Waals surface area contributed by atoms with E-state index in [9.17, 15) is 4.79 Å². The van der Waals surface area contributed by atoms with Crippen molar-refractivity contribution in [1.29, 1.82) is 0 Å². The van der Waals surface area contributed by atoms with Crippen molar-refractivity contribution < 1.29 is 9.53 Å². The minimum atomic E-state index is 0.0395. The van der Waals surface area contributed by atoms with E-state index in [0.29, 0.717) is 6.54 Å². The van der Waals surface area contributed by atoms with E-state index < -0.39 is 0 Å². The van der Waals surface area contributed by atoms with Crippen LogP contribution in [0.1, 0.15) is 23.6 Å². The molecule has 1 amide bonds. The zero-order valence-electron chi connectivity index (χ0n) is 17.6. The molecule has 2 aromatic carbocycles. The Balaban J connectivity index is 1.52. The summed E-state index contributed by atoms with van der Waals surface area (Å²) in [7, 11) is 0. The number of aromatic nitrogens is 1. The molecular formula is C26H25N3O2. The van der Waals surface area contributed by atoms with Gasteiger partial charge in [-0.05, 0) is 41.0 Å². The topological polar surface area (TPSA) is 45.7 Å². The third kappa shape index (κ3) is 3.97. The highest BCUT2D eigenvalue weighted by molar-refractivity contribution is 5.95. The molecule has 0 spiro atoms. The van der Waals surface area contributed by atoms with Crippen molar-refractivity contribution in [3.8, 4) is 11.3 Å². The first-order valence-corrected chi connectivity index (χ1v) is 10.7. The molecule has 5 nitrogen and oxygen atoms in total. The number of para-hydroxylation sites is 1. The lowest BCUT2D eigenvalue weighted by molar-refractivity contribution is -0.116. The zero-order chi connectivity index (χ0) is 21.2. The summed E-state index contributed by atoms with van der Waals surface area (Å²) >= 11 is 0. The number of pyridine rings is 1. The standard InChI is InChI=1S/C26H25N3O2/c1-19(30)29-18-23-12-11-22(17-21(23)10-9-20-5-2-3-7-25(20)29)24-6-4-8-26(27-24)28-13-15-31-16-14-28/h2-12,17H,13-16,18H2,1H3. The van der Waals surface area contributed by atoms with Crippen LogP contribution in [0.5, 0.6) is 0 Å². The van der Waals surface area contributed by atoms with Crippen LogP contribution in [0.2, 0.25) is 0 Å². The molecule has 0 saturated carbocycles. The van der Waals surface area contributed by atoms with Gasteiger partial charge in [0.15, 0.2) is 0 Å². The fraction of sp³-hybridized carbons (Fsp3) is 0.231. The summed E-state index contributed by atoms with van der Waals surface area (Å²) in [4.78, 5) is 21.4. The first kappa shape index (κ1) is 19.5. The largest absolute Gasteiger partial charge is 0.378 e. The summed E-state index contributed by atoms with van der Waals surface area (Å²) in [5, 5.41) is 0. The van der Waals surface area contributed by atoms with Crippen molar-refractivity contribution in [3.05, 3.63) is 77.4 Å². The van der Waals surface area contributed by atoms with Gasteiger partial charge >= 0.3 is 0 Å². The lowest BCUT2D eigenvalue weighted by atomic mass is 9.97. The number of nitrogens with zero attached hydrogens (tertiary/aromatic N) is 3. The van der Waals surface area contributed by atoms with Crippen LogP contribution < -0.4 is 9.80 Å². The number of rotatable bonds is 2. The van der Waals surface area contributed by atoms with E-state index in [1.807, 2.05) is 29.2 Å². The second-order valence-electron chi connectivity index (χ2n) is 7.89. The predicted octanol–water partition coefficient (Wildman–Crippen LogP) is 4.62. The van der Waals surface area contributed by atoms with Crippen molar-refractivity contribution in [3.63, 3.8) is 0 Å². The van der Waals surface area contributed by atoms with Crippen molar-refractivity contribution in [1.82, 2.24) is 4.98 Å². The predicted molar refractivity (Wildman–Crippen MR) is 125 cm³/mol. The van der Waals surface area contributed by atoms with Gasteiger partial charge in [-0.2, -0.15) is 0 Å². The van der Waals surface area contributed by atoms with Crippen LogP contribution >= 0.6 is 0 Å². The van der Waals surface area contributed by atoms with E-state index in [-0.39, 0.29) is 5.91 Å². The minimum absolute atomic E-state index is 0.0395. The second kappa shape index (κ2) is 8.36. The highest BCUT2D eigenvalue weighted by Gasteiger charge is 2.19. The molecule has 5 rings (SSSR count). The molecule has 31 heavy (non-hydrogen) atoms. The summed E-state index contributed by atoms with van der Waals surface area (Å²) in [5.74, 6) is 1.03. The third-order valence-electron chi connectivity index (χ3n) is 5.89. The molecule has 1 aromatic heterocycles. The van der Waals surface area contributed by atoms with Gasteiger partial charge in [-0.3, -0.25) is 4.79 Å². The van der Waals surface area contributed by atoms with Crippen molar-refractivity contribution in [2.24, 2.45) is 0 Å². The van der Waals surface area contributed by atoms with E-state index >= 15 is 0 Å². The van der Waals surface area contributed by atoms with E-state index in [2.05, 4.69) is 53.5 Å². The maximum atomic E-state index is 12.4. The first-order valence-electron chi connectivity index (χ1n) is 10.7. The molecule has 0 unspecified atom stereocenters. The summed E-state index contributed by atoms with van der Waals surface area (Å²) in [6.07, 6.45) is 4.23. The van der Waals surface area contributed by atoms with Crippen LogP contribution in [-0.2, 0) is 16.1 Å². The Morgan fingerprint density at radius 3 is 2.58 bits per heavy atom. The molecule has 0 N–H and O–H groups in total. The Kier molecular flexibility index (Phi) is 5.26. The smallest absolute Gasteiger partial charge is 0.224 e. The quantitative estimate of drug-likeness (QED) is 0.617. The summed E-state index contributed by atoms with van der Waals surface area (Å²) < 4.78 is 5.47. The molecular weight excluding hydrogens is 386 g/mol. The molecule has 0 aliphatic carbocycles. The molecule has 1 saturated heterocycles. The molecule has 3 heterocycles. The van der Waals surface area contributed by atoms with Gasteiger partial charge in [0.25, 0.3) is 0 Å². The normalized spacial score (nSPS) is 15.6. The molecule has 156 valence electrons. The molecule has 2 aliphatic heterocycles. The fourth-order valence-electron chi connectivity index (χ4n) is 4.20. The van der Waals surface area contributed by atoms with Crippen molar-refractivity contribution in [2.45, 2.75) is 13.5 Å². The average Bonchev–Trinajstić information content (AvgIpc) is 2.81. The summed E-state index contributed by atoms with van der Waals surface area (Å²) in [6, 6.07) is 20.6. The Morgan fingerprint density at radius 2 is 1.74 bits per heavy atom. The van der Waals surface area contributed by atoms with Crippen LogP contribution in [0, 0.1) is 0 Å². The van der Waals surface area contributed by atoms with Gasteiger partial charge in [-0.25, -0.2) is 4.98 Å². The van der Waals surface area contributed by atoms with Crippen LogP contribution in [0.25, 0.3) is 23.4 Å². The van der Waals surface area contributed by atoms with Crippen molar-refractivity contribution in [2.75, 3.05) is 36.1 Å². The van der Waals surface area contributed by atoms with Crippen LogP contribution in [0.3, 0.4) is 0 Å². The summed E-state index contributed by atoms with van der Waals surface area (Å²) in [6.45, 7) is 5.38. The molecule has 1 fully saturated rings. The lowest BCUT2D eigenvalue weighted by Crippen LogP contribution is -2.36. The maximum Gasteiger partial charge on any atom is 0.224 e. The number of morpholine rings is 1. The molecule has 0 bridgehead atoms. The molecule has 0 atom stereocenters. The van der Waals surface area contributed by atoms with Gasteiger partial charge in [0, 0.05) is 25.6 Å². The first-order chi connectivity index (χ1) is 15.2. The SMILES string of the molecule is CC(=O)N1Cc2ccc(-c3cccc(N4CCOCC4)n3)cc2C=Cc2ccccc21. The van der Waals surface area contributed by atoms with E-state index in [0.717, 1.165) is 65.8 Å². The van der Waals surface area contributed by atoms with Crippen molar-refractivity contribution >= 4 is 29.6 Å². The number of anilines is 2. The lowest BCUT2D eigenvalue weighted by Gasteiger charge is -2.28. The molecule has 3 aromatic rings. The second-order valence-corrected chi connectivity index (χ2v) is 7.89. The van der Waals surface area contributed by atoms with Gasteiger partial charge in [0.1, 0.15) is 5.82 Å². The number of amides is 1. The Morgan fingerprint density at radius 1 is 0.935 bits per heavy atom. The number of benzene rings is 2. The van der Waals surface area contributed by atoms with E-state index in [1.165, 1.54) is 0 Å². The van der Waals surface area contributed by atoms with Gasteiger partial charge in [0.2, 0.25) is 5.91 Å². The molecule has 5 heteroatoms. The molecule has 0 radical (unpaired) electrons. The molecule has 2 aliphatic rings. The van der Waals surface area contributed by atoms with Gasteiger partial charge in [0.05, 0.1) is 31.1 Å². The average molecular weight is 412 g/mol. The monoisotopic (exact) mass is 411 g/mol. The van der Waals surface area contributed by atoms with Crippen LogP contribution in [0.15, 0.2) is 60.7 Å². The number of carbonyl (C=O) groups is 1. The zero-order valence-corrected chi connectivity index (χ0v) is 17.6. The maximum absolute atomic E-state index is 12.4. The van der Waals surface area contributed by atoms with Crippen LogP contribution in [0.4, 0.5) is 11.5 Å². The third-order valence-corrected chi connectivity index (χ3v) is 5.89. The Labute approximate surface area is 182 Å². The Bertz CT molecular complexity index is 1150. The van der Waals surface area contributed by atoms with E-state index in [1.54, 1.807) is 6.92 Å². The van der Waals surface area contributed by atoms with Gasteiger partial charge in [-0.15, -0.1) is 0 Å². The van der Waals surface area contributed by atoms with E-state index in [4.69, 9.17) is 9.72 Å². The van der Waals surface area contributed by atoms with Gasteiger partial charge < -0.3 is 14.5 Å². The number of hydrogen-bond donors (Lipinski definition) is 0. The number of hydrogen-bond acceptors (Lipinski definition) is 4.